The molecule has 9 heteroatoms. The van der Waals surface area contributed by atoms with Crippen LogP contribution in [0.25, 0.3) is 0 Å². The second-order valence-corrected chi connectivity index (χ2v) is 7.77. The lowest BCUT2D eigenvalue weighted by Crippen LogP contribution is -2.44. The van der Waals surface area contributed by atoms with Crippen molar-refractivity contribution in [2.45, 2.75) is 45.3 Å². The molecule has 0 saturated heterocycles. The molecule has 0 aliphatic carbocycles. The van der Waals surface area contributed by atoms with Gasteiger partial charge in [-0.1, -0.05) is 18.2 Å². The molecule has 168 valence electrons. The highest BCUT2D eigenvalue weighted by Crippen LogP contribution is 2.36. The third-order valence-corrected chi connectivity index (χ3v) is 5.55. The van der Waals surface area contributed by atoms with E-state index in [-0.39, 0.29) is 31.5 Å². The van der Waals surface area contributed by atoms with Crippen molar-refractivity contribution in [2.24, 2.45) is 7.05 Å². The van der Waals surface area contributed by atoms with E-state index in [1.165, 1.54) is 9.13 Å². The van der Waals surface area contributed by atoms with E-state index in [1.54, 1.807) is 7.05 Å². The summed E-state index contributed by atoms with van der Waals surface area (Å²) in [4.78, 5) is 30.1. The van der Waals surface area contributed by atoms with Crippen molar-refractivity contribution in [3.8, 4) is 0 Å². The molecular formula is C21H33ClN4O4. The first-order valence-electron chi connectivity index (χ1n) is 10.4. The molecule has 2 heterocycles. The zero-order valence-electron chi connectivity index (χ0n) is 18.1. The smallest absolute Gasteiger partial charge is 0.332 e. The van der Waals surface area contributed by atoms with E-state index in [1.807, 2.05) is 35.9 Å². The number of hydrogen-bond donors (Lipinski definition) is 2. The van der Waals surface area contributed by atoms with Crippen molar-refractivity contribution in [3.63, 3.8) is 0 Å². The van der Waals surface area contributed by atoms with Gasteiger partial charge in [0.25, 0.3) is 5.56 Å². The minimum Gasteiger partial charge on any atom is -0.396 e. The van der Waals surface area contributed by atoms with E-state index < -0.39 is 5.69 Å². The number of aromatic nitrogens is 2. The molecule has 2 rings (SSSR count). The molecule has 0 aromatic carbocycles. The van der Waals surface area contributed by atoms with E-state index in [2.05, 4.69) is 6.08 Å². The summed E-state index contributed by atoms with van der Waals surface area (Å²) >= 11 is 5.87. The summed E-state index contributed by atoms with van der Waals surface area (Å²) in [5, 5.41) is 18.5. The molecule has 1 aromatic heterocycles. The van der Waals surface area contributed by atoms with Gasteiger partial charge in [-0.2, -0.15) is 0 Å². The number of aliphatic hydroxyl groups is 2. The third kappa shape index (κ3) is 4.99. The molecule has 0 spiro atoms. The lowest BCUT2D eigenvalue weighted by atomic mass is 10.1. The molecule has 0 bridgehead atoms. The maximum atomic E-state index is 13.4. The molecule has 1 unspecified atom stereocenters. The highest BCUT2D eigenvalue weighted by Gasteiger charge is 2.38. The fourth-order valence-electron chi connectivity index (χ4n) is 3.96. The van der Waals surface area contributed by atoms with E-state index in [4.69, 9.17) is 11.6 Å². The Morgan fingerprint density at radius 1 is 1.17 bits per heavy atom. The quantitative estimate of drug-likeness (QED) is 0.399. The molecule has 1 atom stereocenters. The second kappa shape index (κ2) is 11.4. The third-order valence-electron chi connectivity index (χ3n) is 5.33. The Hall–Kier alpha value is -2.03. The molecule has 30 heavy (non-hydrogen) atoms. The van der Waals surface area contributed by atoms with Crippen molar-refractivity contribution in [2.75, 3.05) is 42.5 Å². The molecular weight excluding hydrogens is 408 g/mol. The maximum Gasteiger partial charge on any atom is 0.332 e. The van der Waals surface area contributed by atoms with Gasteiger partial charge in [-0.3, -0.25) is 13.9 Å². The molecule has 8 nitrogen and oxygen atoms in total. The molecule has 0 saturated carbocycles. The number of aliphatic hydroxyl groups excluding tert-OH is 2. The summed E-state index contributed by atoms with van der Waals surface area (Å²) in [6.07, 6.45) is 8.11. The Morgan fingerprint density at radius 3 is 2.47 bits per heavy atom. The molecule has 0 amide bonds. The average molecular weight is 441 g/mol. The van der Waals surface area contributed by atoms with Crippen LogP contribution in [0.4, 0.5) is 11.5 Å². The van der Waals surface area contributed by atoms with E-state index in [9.17, 15) is 19.8 Å². The van der Waals surface area contributed by atoms with Gasteiger partial charge >= 0.3 is 5.69 Å². The topological polar surface area (TPSA) is 90.9 Å². The normalized spacial score (nSPS) is 16.7. The second-order valence-electron chi connectivity index (χ2n) is 7.39. The predicted octanol–water partition coefficient (Wildman–Crippen LogP) is 1.42. The summed E-state index contributed by atoms with van der Waals surface area (Å²) in [6, 6.07) is 0. The first-order valence-corrected chi connectivity index (χ1v) is 10.9. The zero-order chi connectivity index (χ0) is 22.3. The van der Waals surface area contributed by atoms with Gasteiger partial charge in [0, 0.05) is 46.3 Å². The highest BCUT2D eigenvalue weighted by atomic mass is 35.5. The van der Waals surface area contributed by atoms with Crippen LogP contribution >= 0.6 is 11.6 Å². The van der Waals surface area contributed by atoms with Gasteiger partial charge in [-0.25, -0.2) is 4.79 Å². The van der Waals surface area contributed by atoms with Crippen LogP contribution in [0, 0.1) is 0 Å². The summed E-state index contributed by atoms with van der Waals surface area (Å²) in [7, 11) is 3.53. The number of nitrogens with zero attached hydrogens (tertiary/aromatic N) is 4. The molecule has 1 aliphatic rings. The summed E-state index contributed by atoms with van der Waals surface area (Å²) in [6.45, 7) is 2.55. The highest BCUT2D eigenvalue weighted by molar-refractivity contribution is 6.17. The van der Waals surface area contributed by atoms with E-state index in [0.717, 1.165) is 5.57 Å². The van der Waals surface area contributed by atoms with Gasteiger partial charge in [-0.15, -0.1) is 11.6 Å². The number of allylic oxidation sites excluding steroid dienone is 2. The van der Waals surface area contributed by atoms with Crippen molar-refractivity contribution < 1.29 is 10.2 Å². The number of anilines is 2. The number of halogens is 1. The van der Waals surface area contributed by atoms with E-state index >= 15 is 0 Å². The number of hydrogen-bond acceptors (Lipinski definition) is 6. The molecule has 2 N–H and O–H groups in total. The SMILES string of the molecule is C/C=C\C(=C/CCCl)CN1c2c(n(C)c(=O)n(CCCO)c2=O)N(C)C1CCCO. The first-order chi connectivity index (χ1) is 14.4. The Bertz CT molecular complexity index is 890. The monoisotopic (exact) mass is 440 g/mol. The number of fused-ring (bicyclic) bond motifs is 1. The van der Waals surface area contributed by atoms with Gasteiger partial charge in [0.2, 0.25) is 0 Å². The minimum absolute atomic E-state index is 0.0536. The minimum atomic E-state index is -0.395. The zero-order valence-corrected chi connectivity index (χ0v) is 18.8. The Balaban J connectivity index is 2.63. The number of alkyl halides is 1. The Labute approximate surface area is 182 Å². The van der Waals surface area contributed by atoms with E-state index in [0.29, 0.717) is 49.6 Å². The molecule has 0 fully saturated rings. The standard InChI is InChI=1S/C21H33ClN4O4/c1-4-8-16(9-5-11-22)15-26-17(10-6-13-27)23(2)19-18(26)20(29)25(12-7-14-28)21(30)24(19)3/h4,8-9,17,27-28H,5-7,10-15H2,1-3H3/b8-4-,16-9+. The van der Waals surface area contributed by atoms with Crippen molar-refractivity contribution in [1.29, 1.82) is 0 Å². The van der Waals surface area contributed by atoms with Crippen molar-refractivity contribution in [1.82, 2.24) is 9.13 Å². The van der Waals surface area contributed by atoms with Crippen LogP contribution in [0.2, 0.25) is 0 Å². The van der Waals surface area contributed by atoms with Crippen LogP contribution in [0.3, 0.4) is 0 Å². The largest absolute Gasteiger partial charge is 0.396 e. The Kier molecular flexibility index (Phi) is 9.20. The van der Waals surface area contributed by atoms with Crippen LogP contribution < -0.4 is 21.0 Å². The van der Waals surface area contributed by atoms with Gasteiger partial charge < -0.3 is 20.0 Å². The van der Waals surface area contributed by atoms with Crippen LogP contribution in [0.15, 0.2) is 33.4 Å². The Morgan fingerprint density at radius 2 is 1.87 bits per heavy atom. The fourth-order valence-corrected chi connectivity index (χ4v) is 4.07. The average Bonchev–Trinajstić information content (AvgIpc) is 3.00. The summed E-state index contributed by atoms with van der Waals surface area (Å²) in [5.74, 6) is 1.08. The number of rotatable bonds is 11. The lowest BCUT2D eigenvalue weighted by Gasteiger charge is -2.30. The molecule has 1 aliphatic heterocycles. The van der Waals surface area contributed by atoms with Crippen molar-refractivity contribution >= 4 is 23.1 Å². The van der Waals surface area contributed by atoms with Gasteiger partial charge in [0.05, 0.1) is 0 Å². The molecule has 1 aromatic rings. The first kappa shape index (κ1) is 24.2. The van der Waals surface area contributed by atoms with Crippen LogP contribution in [0.1, 0.15) is 32.6 Å². The van der Waals surface area contributed by atoms with Gasteiger partial charge in [-0.05, 0) is 38.2 Å². The maximum absolute atomic E-state index is 13.4. The van der Waals surface area contributed by atoms with Crippen LogP contribution in [-0.4, -0.2) is 58.2 Å². The van der Waals surface area contributed by atoms with Crippen LogP contribution in [0.5, 0.6) is 0 Å². The molecule has 0 radical (unpaired) electrons. The summed E-state index contributed by atoms with van der Waals surface area (Å²) < 4.78 is 2.69. The van der Waals surface area contributed by atoms with Crippen molar-refractivity contribution in [3.05, 3.63) is 44.6 Å². The van der Waals surface area contributed by atoms with Crippen LogP contribution in [-0.2, 0) is 13.6 Å². The summed E-state index contributed by atoms with van der Waals surface area (Å²) in [5.41, 5.74) is 0.760. The lowest BCUT2D eigenvalue weighted by molar-refractivity contribution is 0.277. The fraction of sp³-hybridized carbons (Fsp3) is 0.619. The predicted molar refractivity (Wildman–Crippen MR) is 122 cm³/mol. The van der Waals surface area contributed by atoms with Gasteiger partial charge in [0.15, 0.2) is 0 Å². The van der Waals surface area contributed by atoms with Gasteiger partial charge in [0.1, 0.15) is 17.7 Å².